The van der Waals surface area contributed by atoms with E-state index in [1.54, 1.807) is 24.3 Å². The Labute approximate surface area is 130 Å². The molecule has 1 atom stereocenters. The molecule has 22 heavy (non-hydrogen) atoms. The number of hydrogen-bond donors (Lipinski definition) is 0. The predicted octanol–water partition coefficient (Wildman–Crippen LogP) is 1.68. The molecule has 1 unspecified atom stereocenters. The predicted molar refractivity (Wildman–Crippen MR) is 80.0 cm³/mol. The monoisotopic (exact) mass is 324 g/mol. The molecular formula is C15H16O6S. The van der Waals surface area contributed by atoms with Crippen molar-refractivity contribution in [3.63, 3.8) is 0 Å². The average Bonchev–Trinajstić information content (AvgIpc) is 2.56. The first-order valence-corrected chi connectivity index (χ1v) is 7.29. The second-order valence-corrected chi connectivity index (χ2v) is 5.40. The van der Waals surface area contributed by atoms with Crippen molar-refractivity contribution in [1.82, 2.24) is 0 Å². The summed E-state index contributed by atoms with van der Waals surface area (Å²) in [6.45, 7) is 3.56. The first-order valence-electron chi connectivity index (χ1n) is 6.14. The van der Waals surface area contributed by atoms with Crippen LogP contribution in [-0.4, -0.2) is 30.4 Å². The smallest absolute Gasteiger partial charge is 0.346 e. The lowest BCUT2D eigenvalue weighted by molar-refractivity contribution is -0.136. The molecule has 0 heterocycles. The van der Waals surface area contributed by atoms with Crippen LogP contribution in [0.15, 0.2) is 53.0 Å². The minimum absolute atomic E-state index is 0.0733. The fraction of sp³-hybridized carbons (Fsp3) is 0.200. The number of rotatable bonds is 7. The average molecular weight is 324 g/mol. The minimum atomic E-state index is -1.75. The molecule has 1 aromatic rings. The molecule has 7 heteroatoms. The van der Waals surface area contributed by atoms with Gasteiger partial charge in [0.05, 0.1) is 42.3 Å². The van der Waals surface area contributed by atoms with E-state index in [-0.39, 0.29) is 11.5 Å². The highest BCUT2D eigenvalue weighted by Gasteiger charge is 2.19. The number of esters is 2. The molecule has 0 aromatic heterocycles. The molecule has 0 spiro atoms. The van der Waals surface area contributed by atoms with Crippen LogP contribution in [0.1, 0.15) is 5.56 Å². The summed E-state index contributed by atoms with van der Waals surface area (Å²) in [5.41, 5.74) is 0.598. The van der Waals surface area contributed by atoms with Crippen molar-refractivity contribution in [2.45, 2.75) is 11.5 Å². The van der Waals surface area contributed by atoms with E-state index in [0.29, 0.717) is 10.5 Å². The summed E-state index contributed by atoms with van der Waals surface area (Å²) >= 11 is 0. The van der Waals surface area contributed by atoms with Gasteiger partial charge in [-0.3, -0.25) is 0 Å². The minimum Gasteiger partial charge on any atom is -0.496 e. The van der Waals surface area contributed by atoms with Crippen LogP contribution in [0.5, 0.6) is 0 Å². The lowest BCUT2D eigenvalue weighted by atomic mass is 10.2. The second kappa shape index (κ2) is 8.78. The molecule has 0 aliphatic carbocycles. The molecule has 0 N–H and O–H groups in total. The molecule has 0 radical (unpaired) electrons. The van der Waals surface area contributed by atoms with Crippen molar-refractivity contribution in [2.24, 2.45) is 0 Å². The van der Waals surface area contributed by atoms with Crippen LogP contribution in [0, 0.1) is 0 Å². The summed E-state index contributed by atoms with van der Waals surface area (Å²) in [5, 5.41) is 0. The maximum absolute atomic E-state index is 12.3. The molecule has 0 aliphatic heterocycles. The third-order valence-corrected chi connectivity index (χ3v) is 3.96. The number of carbonyl (C=O) groups excluding carboxylic acids is 2. The first-order chi connectivity index (χ1) is 10.5. The highest BCUT2D eigenvalue weighted by Crippen LogP contribution is 2.19. The largest absolute Gasteiger partial charge is 0.496 e. The maximum atomic E-state index is 12.3. The summed E-state index contributed by atoms with van der Waals surface area (Å²) in [5.74, 6) is -1.28. The summed E-state index contributed by atoms with van der Waals surface area (Å²) in [4.78, 5) is 22.5. The van der Waals surface area contributed by atoms with E-state index in [1.165, 1.54) is 20.5 Å². The summed E-state index contributed by atoms with van der Waals surface area (Å²) in [6, 6.07) is 6.73. The van der Waals surface area contributed by atoms with E-state index in [1.807, 2.05) is 0 Å². The van der Waals surface area contributed by atoms with E-state index in [9.17, 15) is 13.8 Å². The third-order valence-electron chi connectivity index (χ3n) is 2.55. The Bertz CT molecular complexity index is 620. The molecule has 0 bridgehead atoms. The van der Waals surface area contributed by atoms with E-state index >= 15 is 0 Å². The summed E-state index contributed by atoms with van der Waals surface area (Å²) in [6.07, 6.45) is 2.30. The highest BCUT2D eigenvalue weighted by molar-refractivity contribution is 7.90. The molecule has 1 aromatic carbocycles. The molecule has 6 nitrogen and oxygen atoms in total. The van der Waals surface area contributed by atoms with E-state index < -0.39 is 22.7 Å². The molecule has 0 saturated heterocycles. The third kappa shape index (κ3) is 4.85. The standard InChI is InChI=1S/C15H16O6S/c1-11(15(17)20-3)22(18)13-7-5-4-6-12(13)10-21-9-8-14(16)19-2/h4-9H,1,10H2,2-3H3/b9-8+. The van der Waals surface area contributed by atoms with Gasteiger partial charge < -0.3 is 14.2 Å². The van der Waals surface area contributed by atoms with E-state index in [0.717, 1.165) is 6.08 Å². The number of methoxy groups -OCH3 is 2. The Hall–Kier alpha value is -2.41. The molecule has 118 valence electrons. The zero-order chi connectivity index (χ0) is 16.5. The van der Waals surface area contributed by atoms with Gasteiger partial charge in [0.2, 0.25) is 0 Å². The first kappa shape index (κ1) is 17.6. The SMILES string of the molecule is C=C(C(=O)OC)S(=O)c1ccccc1CO/C=C/C(=O)OC. The lowest BCUT2D eigenvalue weighted by Crippen LogP contribution is -2.10. The Morgan fingerprint density at radius 3 is 2.55 bits per heavy atom. The van der Waals surface area contributed by atoms with Crippen molar-refractivity contribution in [3.8, 4) is 0 Å². The van der Waals surface area contributed by atoms with Crippen LogP contribution in [0.4, 0.5) is 0 Å². The molecule has 0 saturated carbocycles. The van der Waals surface area contributed by atoms with Crippen LogP contribution >= 0.6 is 0 Å². The number of benzene rings is 1. The zero-order valence-electron chi connectivity index (χ0n) is 12.2. The van der Waals surface area contributed by atoms with Crippen LogP contribution in [-0.2, 0) is 41.2 Å². The van der Waals surface area contributed by atoms with Gasteiger partial charge in [0.15, 0.2) is 0 Å². The molecule has 0 aliphatic rings. The van der Waals surface area contributed by atoms with Crippen LogP contribution in [0.2, 0.25) is 0 Å². The molecule has 0 fully saturated rings. The van der Waals surface area contributed by atoms with Gasteiger partial charge in [0.1, 0.15) is 11.5 Å². The van der Waals surface area contributed by atoms with Crippen LogP contribution in [0.3, 0.4) is 0 Å². The Morgan fingerprint density at radius 2 is 1.91 bits per heavy atom. The maximum Gasteiger partial charge on any atom is 0.346 e. The molecule has 1 rings (SSSR count). The lowest BCUT2D eigenvalue weighted by Gasteiger charge is -2.09. The van der Waals surface area contributed by atoms with Crippen molar-refractivity contribution in [1.29, 1.82) is 0 Å². The highest BCUT2D eigenvalue weighted by atomic mass is 32.2. The van der Waals surface area contributed by atoms with Crippen LogP contribution in [0.25, 0.3) is 0 Å². The van der Waals surface area contributed by atoms with Crippen molar-refractivity contribution >= 4 is 22.7 Å². The Balaban J connectivity index is 2.84. The Kier molecular flexibility index (Phi) is 7.04. The topological polar surface area (TPSA) is 78.9 Å². The fourth-order valence-corrected chi connectivity index (χ4v) is 2.50. The van der Waals surface area contributed by atoms with Crippen LogP contribution < -0.4 is 0 Å². The van der Waals surface area contributed by atoms with Crippen molar-refractivity contribution in [3.05, 3.63) is 53.7 Å². The van der Waals surface area contributed by atoms with Crippen molar-refractivity contribution < 1.29 is 28.0 Å². The Morgan fingerprint density at radius 1 is 1.23 bits per heavy atom. The number of hydrogen-bond acceptors (Lipinski definition) is 6. The van der Waals surface area contributed by atoms with Gasteiger partial charge >= 0.3 is 11.9 Å². The van der Waals surface area contributed by atoms with Gasteiger partial charge in [0.25, 0.3) is 0 Å². The normalized spacial score (nSPS) is 11.7. The van der Waals surface area contributed by atoms with Gasteiger partial charge in [-0.2, -0.15) is 0 Å². The van der Waals surface area contributed by atoms with Gasteiger partial charge in [-0.15, -0.1) is 0 Å². The summed E-state index contributed by atoms with van der Waals surface area (Å²) in [7, 11) is 0.695. The van der Waals surface area contributed by atoms with Gasteiger partial charge in [-0.1, -0.05) is 24.8 Å². The van der Waals surface area contributed by atoms with Gasteiger partial charge in [-0.25, -0.2) is 13.8 Å². The summed E-state index contributed by atoms with van der Waals surface area (Å²) < 4.78 is 26.4. The zero-order valence-corrected chi connectivity index (χ0v) is 13.1. The van der Waals surface area contributed by atoms with E-state index in [2.05, 4.69) is 16.1 Å². The second-order valence-electron chi connectivity index (χ2n) is 3.93. The van der Waals surface area contributed by atoms with Gasteiger partial charge in [0, 0.05) is 5.56 Å². The number of carbonyl (C=O) groups is 2. The fourth-order valence-electron chi connectivity index (χ4n) is 1.44. The van der Waals surface area contributed by atoms with Gasteiger partial charge in [-0.05, 0) is 6.07 Å². The van der Waals surface area contributed by atoms with E-state index in [4.69, 9.17) is 4.74 Å². The molecule has 0 amide bonds. The molecular weight excluding hydrogens is 308 g/mol. The quantitative estimate of drug-likeness (QED) is 0.431. The van der Waals surface area contributed by atoms with Crippen molar-refractivity contribution in [2.75, 3.05) is 14.2 Å². The number of ether oxygens (including phenoxy) is 3.